The second kappa shape index (κ2) is 7.97. The van der Waals surface area contributed by atoms with E-state index >= 15 is 0 Å². The molecule has 0 unspecified atom stereocenters. The first-order chi connectivity index (χ1) is 13.6. The van der Waals surface area contributed by atoms with Crippen LogP contribution < -0.4 is 5.32 Å². The monoisotopic (exact) mass is 404 g/mol. The molecule has 0 spiro atoms. The van der Waals surface area contributed by atoms with Gasteiger partial charge >= 0.3 is 0 Å². The van der Waals surface area contributed by atoms with E-state index in [1.165, 1.54) is 16.3 Å². The molecule has 1 heterocycles. The zero-order valence-electron chi connectivity index (χ0n) is 15.1. The first-order valence-electron chi connectivity index (χ1n) is 8.80. The van der Waals surface area contributed by atoms with Gasteiger partial charge in [0.2, 0.25) is 5.91 Å². The Balaban J connectivity index is 1.46. The second-order valence-electron chi connectivity index (χ2n) is 6.41. The molecule has 5 heteroatoms. The molecule has 0 saturated heterocycles. The summed E-state index contributed by atoms with van der Waals surface area (Å²) in [5.41, 5.74) is 4.80. The molecule has 1 amide bonds. The van der Waals surface area contributed by atoms with Gasteiger partial charge in [0, 0.05) is 22.3 Å². The fourth-order valence-electron chi connectivity index (χ4n) is 2.81. The third-order valence-corrected chi connectivity index (χ3v) is 5.67. The zero-order chi connectivity index (χ0) is 19.5. The largest absolute Gasteiger partial charge is 0.323 e. The topological polar surface area (TPSA) is 42.0 Å². The number of rotatable bonds is 4. The molecular formula is C23H17ClN2OS. The van der Waals surface area contributed by atoms with Gasteiger partial charge in [-0.1, -0.05) is 35.9 Å². The van der Waals surface area contributed by atoms with Crippen molar-refractivity contribution in [1.82, 2.24) is 4.98 Å². The van der Waals surface area contributed by atoms with Gasteiger partial charge in [0.1, 0.15) is 5.01 Å². The molecule has 0 radical (unpaired) electrons. The molecule has 0 saturated carbocycles. The van der Waals surface area contributed by atoms with Gasteiger partial charge in [0.25, 0.3) is 0 Å². The minimum Gasteiger partial charge on any atom is -0.323 e. The number of anilines is 1. The summed E-state index contributed by atoms with van der Waals surface area (Å²) >= 11 is 7.76. The molecule has 1 N–H and O–H groups in total. The number of carbonyl (C=O) groups excluding carboxylic acids is 1. The molecule has 0 bridgehead atoms. The third-order valence-electron chi connectivity index (χ3n) is 4.26. The van der Waals surface area contributed by atoms with Crippen LogP contribution in [0.15, 0.2) is 72.8 Å². The number of carbonyl (C=O) groups is 1. The molecular weight excluding hydrogens is 388 g/mol. The van der Waals surface area contributed by atoms with Crippen molar-refractivity contribution in [2.45, 2.75) is 6.92 Å². The average Bonchev–Trinajstić information content (AvgIpc) is 3.11. The minimum absolute atomic E-state index is 0.205. The van der Waals surface area contributed by atoms with Gasteiger partial charge in [-0.15, -0.1) is 11.3 Å². The quantitative estimate of drug-likeness (QED) is 0.390. The van der Waals surface area contributed by atoms with Gasteiger partial charge in [0.15, 0.2) is 0 Å². The van der Waals surface area contributed by atoms with E-state index in [0.717, 1.165) is 27.3 Å². The van der Waals surface area contributed by atoms with E-state index in [-0.39, 0.29) is 5.91 Å². The maximum Gasteiger partial charge on any atom is 0.248 e. The smallest absolute Gasteiger partial charge is 0.248 e. The van der Waals surface area contributed by atoms with Crippen LogP contribution in [-0.2, 0) is 4.79 Å². The summed E-state index contributed by atoms with van der Waals surface area (Å²) in [7, 11) is 0. The molecule has 0 aliphatic carbocycles. The summed E-state index contributed by atoms with van der Waals surface area (Å²) in [5.74, 6) is -0.205. The summed E-state index contributed by atoms with van der Waals surface area (Å²) in [6, 6.07) is 21.4. The lowest BCUT2D eigenvalue weighted by molar-refractivity contribution is -0.111. The van der Waals surface area contributed by atoms with Crippen molar-refractivity contribution in [1.29, 1.82) is 0 Å². The van der Waals surface area contributed by atoms with Gasteiger partial charge in [0.05, 0.1) is 10.2 Å². The molecule has 138 valence electrons. The van der Waals surface area contributed by atoms with Crippen LogP contribution in [0.2, 0.25) is 5.02 Å². The Kier molecular flexibility index (Phi) is 5.24. The third kappa shape index (κ3) is 4.14. The molecule has 0 atom stereocenters. The van der Waals surface area contributed by atoms with Crippen LogP contribution in [0.4, 0.5) is 5.69 Å². The van der Waals surface area contributed by atoms with E-state index in [2.05, 4.69) is 24.4 Å². The van der Waals surface area contributed by atoms with E-state index in [1.54, 1.807) is 23.5 Å². The van der Waals surface area contributed by atoms with Gasteiger partial charge in [-0.2, -0.15) is 0 Å². The Morgan fingerprint density at radius 2 is 1.86 bits per heavy atom. The number of nitrogens with zero attached hydrogens (tertiary/aromatic N) is 1. The Labute approximate surface area is 172 Å². The summed E-state index contributed by atoms with van der Waals surface area (Å²) in [6.45, 7) is 2.08. The number of aromatic nitrogens is 1. The highest BCUT2D eigenvalue weighted by Crippen LogP contribution is 2.31. The van der Waals surface area contributed by atoms with Crippen LogP contribution >= 0.6 is 22.9 Å². The van der Waals surface area contributed by atoms with Gasteiger partial charge in [-0.25, -0.2) is 4.98 Å². The number of nitrogens with one attached hydrogen (secondary N) is 1. The van der Waals surface area contributed by atoms with Crippen molar-refractivity contribution in [3.05, 3.63) is 89.0 Å². The van der Waals surface area contributed by atoms with Crippen LogP contribution in [0.5, 0.6) is 0 Å². The van der Waals surface area contributed by atoms with E-state index in [1.807, 2.05) is 48.5 Å². The number of thiazole rings is 1. The van der Waals surface area contributed by atoms with Gasteiger partial charge in [-0.3, -0.25) is 4.79 Å². The van der Waals surface area contributed by atoms with Crippen LogP contribution in [0.3, 0.4) is 0 Å². The Morgan fingerprint density at radius 1 is 1.07 bits per heavy atom. The number of hydrogen-bond acceptors (Lipinski definition) is 3. The Morgan fingerprint density at radius 3 is 2.64 bits per heavy atom. The van der Waals surface area contributed by atoms with Crippen molar-refractivity contribution < 1.29 is 4.79 Å². The van der Waals surface area contributed by atoms with E-state index in [9.17, 15) is 4.79 Å². The second-order valence-corrected chi connectivity index (χ2v) is 7.85. The highest BCUT2D eigenvalue weighted by atomic mass is 35.5. The standard InChI is InChI=1S/C23H17ClN2OS/c1-15-6-12-20-21(14-15)28-23(26-20)17-7-10-18(11-8-17)25-22(27)13-9-16-4-2-3-5-19(16)24/h2-14H,1H3,(H,25,27). The number of benzene rings is 3. The van der Waals surface area contributed by atoms with Crippen molar-refractivity contribution in [2.24, 2.45) is 0 Å². The van der Waals surface area contributed by atoms with Gasteiger partial charge in [-0.05, 0) is 66.6 Å². The summed E-state index contributed by atoms with van der Waals surface area (Å²) in [5, 5.41) is 4.44. The first kappa shape index (κ1) is 18.4. The lowest BCUT2D eigenvalue weighted by Gasteiger charge is -2.03. The minimum atomic E-state index is -0.205. The van der Waals surface area contributed by atoms with Crippen LogP contribution in [0.25, 0.3) is 26.9 Å². The SMILES string of the molecule is Cc1ccc2nc(-c3ccc(NC(=O)C=Cc4ccccc4Cl)cc3)sc2c1. The molecule has 0 aliphatic heterocycles. The molecule has 28 heavy (non-hydrogen) atoms. The van der Waals surface area contributed by atoms with E-state index in [4.69, 9.17) is 16.6 Å². The Bertz CT molecular complexity index is 1180. The number of amides is 1. The highest BCUT2D eigenvalue weighted by Gasteiger charge is 2.07. The lowest BCUT2D eigenvalue weighted by atomic mass is 10.2. The predicted octanol–water partition coefficient (Wildman–Crippen LogP) is 6.58. The lowest BCUT2D eigenvalue weighted by Crippen LogP contribution is -2.07. The molecule has 1 aromatic heterocycles. The van der Waals surface area contributed by atoms with Crippen molar-refractivity contribution in [2.75, 3.05) is 5.32 Å². The maximum absolute atomic E-state index is 12.2. The zero-order valence-corrected chi connectivity index (χ0v) is 16.7. The number of aryl methyl sites for hydroxylation is 1. The Hall–Kier alpha value is -2.95. The fraction of sp³-hybridized carbons (Fsp3) is 0.0435. The normalized spacial score (nSPS) is 11.2. The van der Waals surface area contributed by atoms with Crippen LogP contribution in [-0.4, -0.2) is 10.9 Å². The number of fused-ring (bicyclic) bond motifs is 1. The van der Waals surface area contributed by atoms with Crippen LogP contribution in [0.1, 0.15) is 11.1 Å². The summed E-state index contributed by atoms with van der Waals surface area (Å²) in [4.78, 5) is 16.8. The van der Waals surface area contributed by atoms with E-state index in [0.29, 0.717) is 5.02 Å². The first-order valence-corrected chi connectivity index (χ1v) is 9.99. The molecule has 3 aromatic carbocycles. The predicted molar refractivity (Wildman–Crippen MR) is 119 cm³/mol. The maximum atomic E-state index is 12.2. The van der Waals surface area contributed by atoms with Crippen molar-refractivity contribution >= 4 is 50.8 Å². The number of hydrogen-bond donors (Lipinski definition) is 1. The molecule has 0 fully saturated rings. The van der Waals surface area contributed by atoms with Crippen molar-refractivity contribution in [3.63, 3.8) is 0 Å². The fourth-order valence-corrected chi connectivity index (χ4v) is 4.08. The molecule has 0 aliphatic rings. The highest BCUT2D eigenvalue weighted by molar-refractivity contribution is 7.21. The van der Waals surface area contributed by atoms with Crippen LogP contribution in [0, 0.1) is 6.92 Å². The number of halogens is 1. The molecule has 3 nitrogen and oxygen atoms in total. The van der Waals surface area contributed by atoms with Gasteiger partial charge < -0.3 is 5.32 Å². The van der Waals surface area contributed by atoms with E-state index < -0.39 is 0 Å². The van der Waals surface area contributed by atoms with Crippen molar-refractivity contribution in [3.8, 4) is 10.6 Å². The molecule has 4 rings (SSSR count). The molecule has 4 aromatic rings. The average molecular weight is 405 g/mol. The summed E-state index contributed by atoms with van der Waals surface area (Å²) in [6.07, 6.45) is 3.18. The summed E-state index contributed by atoms with van der Waals surface area (Å²) < 4.78 is 1.18.